The summed E-state index contributed by atoms with van der Waals surface area (Å²) in [7, 11) is -3.70. The van der Waals surface area contributed by atoms with Gasteiger partial charge in [-0.3, -0.25) is 4.72 Å². The highest BCUT2D eigenvalue weighted by Gasteiger charge is 2.20. The third-order valence-electron chi connectivity index (χ3n) is 3.34. The molecule has 0 aliphatic heterocycles. The van der Waals surface area contributed by atoms with Gasteiger partial charge in [0.15, 0.2) is 5.13 Å². The fourth-order valence-corrected chi connectivity index (χ4v) is 4.63. The molecule has 2 aromatic rings. The number of thiazole rings is 1. The predicted octanol–water partition coefficient (Wildman–Crippen LogP) is 2.69. The Morgan fingerprint density at radius 1 is 1.29 bits per heavy atom. The van der Waals surface area contributed by atoms with Gasteiger partial charge in [-0.25, -0.2) is 13.4 Å². The van der Waals surface area contributed by atoms with E-state index in [9.17, 15) is 8.42 Å². The van der Waals surface area contributed by atoms with Crippen LogP contribution >= 0.6 is 11.3 Å². The highest BCUT2D eigenvalue weighted by atomic mass is 32.2. The van der Waals surface area contributed by atoms with Crippen molar-refractivity contribution in [3.8, 4) is 6.07 Å². The topological polar surface area (TPSA) is 82.8 Å². The average molecular weight is 319 g/mol. The van der Waals surface area contributed by atoms with Crippen molar-refractivity contribution in [2.75, 3.05) is 4.72 Å². The summed E-state index contributed by atoms with van der Waals surface area (Å²) in [5.41, 5.74) is 1.33. The molecule has 7 heteroatoms. The second-order valence-corrected chi connectivity index (χ2v) is 7.61. The highest BCUT2D eigenvalue weighted by molar-refractivity contribution is 7.93. The van der Waals surface area contributed by atoms with E-state index in [1.807, 2.05) is 6.07 Å². The predicted molar refractivity (Wildman–Crippen MR) is 80.7 cm³/mol. The molecule has 0 amide bonds. The molecule has 1 aromatic carbocycles. The molecular weight excluding hydrogens is 306 g/mol. The summed E-state index contributed by atoms with van der Waals surface area (Å²) in [4.78, 5) is 5.62. The number of hydrogen-bond acceptors (Lipinski definition) is 5. The van der Waals surface area contributed by atoms with E-state index in [4.69, 9.17) is 5.26 Å². The zero-order valence-electron chi connectivity index (χ0n) is 11.2. The Morgan fingerprint density at radius 2 is 2.10 bits per heavy atom. The number of nitriles is 1. The van der Waals surface area contributed by atoms with Gasteiger partial charge in [0, 0.05) is 4.88 Å². The Balaban J connectivity index is 1.89. The van der Waals surface area contributed by atoms with Crippen molar-refractivity contribution in [1.29, 1.82) is 5.26 Å². The maximum atomic E-state index is 12.3. The maximum Gasteiger partial charge on any atom is 0.263 e. The molecule has 5 nitrogen and oxygen atoms in total. The van der Waals surface area contributed by atoms with E-state index < -0.39 is 10.0 Å². The Labute approximate surface area is 127 Å². The van der Waals surface area contributed by atoms with Crippen LogP contribution in [0, 0.1) is 11.3 Å². The van der Waals surface area contributed by atoms with Crippen LogP contribution < -0.4 is 4.72 Å². The number of aromatic nitrogens is 1. The first-order valence-electron chi connectivity index (χ1n) is 6.60. The molecule has 0 atom stereocenters. The van der Waals surface area contributed by atoms with E-state index in [0.717, 1.165) is 31.4 Å². The monoisotopic (exact) mass is 319 g/mol. The lowest BCUT2D eigenvalue weighted by Crippen LogP contribution is -2.13. The van der Waals surface area contributed by atoms with Crippen molar-refractivity contribution >= 4 is 26.5 Å². The molecule has 0 fully saturated rings. The third kappa shape index (κ3) is 2.91. The molecule has 1 aliphatic carbocycles. The molecule has 1 aliphatic rings. The molecule has 108 valence electrons. The lowest BCUT2D eigenvalue weighted by Gasteiger charge is -2.06. The van der Waals surface area contributed by atoms with Crippen LogP contribution in [0.15, 0.2) is 29.2 Å². The third-order valence-corrected chi connectivity index (χ3v) is 5.88. The number of anilines is 1. The number of aryl methyl sites for hydroxylation is 2. The Hall–Kier alpha value is -1.91. The summed E-state index contributed by atoms with van der Waals surface area (Å²) in [5, 5.41) is 9.26. The van der Waals surface area contributed by atoms with E-state index in [2.05, 4.69) is 9.71 Å². The number of benzene rings is 1. The fraction of sp³-hybridized carbons (Fsp3) is 0.286. The van der Waals surface area contributed by atoms with Gasteiger partial charge in [0.1, 0.15) is 0 Å². The molecule has 3 rings (SSSR count). The van der Waals surface area contributed by atoms with Crippen LogP contribution in [0.5, 0.6) is 0 Å². The molecule has 21 heavy (non-hydrogen) atoms. The molecule has 1 N–H and O–H groups in total. The van der Waals surface area contributed by atoms with E-state index >= 15 is 0 Å². The van der Waals surface area contributed by atoms with Gasteiger partial charge in [-0.1, -0.05) is 6.07 Å². The van der Waals surface area contributed by atoms with Gasteiger partial charge >= 0.3 is 0 Å². The van der Waals surface area contributed by atoms with Gasteiger partial charge in [0.2, 0.25) is 0 Å². The Bertz CT molecular complexity index is 795. The first-order chi connectivity index (χ1) is 10.1. The van der Waals surface area contributed by atoms with Gasteiger partial charge in [-0.2, -0.15) is 5.26 Å². The molecule has 1 aromatic heterocycles. The number of nitrogens with zero attached hydrogens (tertiary/aromatic N) is 2. The van der Waals surface area contributed by atoms with Crippen LogP contribution in [0.1, 0.15) is 29.0 Å². The molecule has 0 bridgehead atoms. The quantitative estimate of drug-likeness (QED) is 0.943. The Kier molecular flexibility index (Phi) is 3.66. The van der Waals surface area contributed by atoms with Crippen molar-refractivity contribution < 1.29 is 8.42 Å². The molecule has 0 saturated carbocycles. The summed E-state index contributed by atoms with van der Waals surface area (Å²) in [6.45, 7) is 0. The lowest BCUT2D eigenvalue weighted by atomic mass is 10.0. The first kappa shape index (κ1) is 14.0. The molecule has 0 saturated heterocycles. The zero-order chi connectivity index (χ0) is 14.9. The van der Waals surface area contributed by atoms with Crippen molar-refractivity contribution in [2.24, 2.45) is 0 Å². The van der Waals surface area contributed by atoms with Gasteiger partial charge in [0.25, 0.3) is 10.0 Å². The summed E-state index contributed by atoms with van der Waals surface area (Å²) >= 11 is 1.40. The molecule has 0 radical (unpaired) electrons. The largest absolute Gasteiger partial charge is 0.263 e. The van der Waals surface area contributed by atoms with Gasteiger partial charge in [-0.05, 0) is 43.9 Å². The summed E-state index contributed by atoms with van der Waals surface area (Å²) in [6.07, 6.45) is 4.12. The van der Waals surface area contributed by atoms with E-state index in [-0.39, 0.29) is 4.90 Å². The minimum atomic E-state index is -3.70. The minimum absolute atomic E-state index is 0.0784. The van der Waals surface area contributed by atoms with Crippen LogP contribution in [0.25, 0.3) is 0 Å². The smallest absolute Gasteiger partial charge is 0.255 e. The minimum Gasteiger partial charge on any atom is -0.255 e. The summed E-state index contributed by atoms with van der Waals surface area (Å²) in [6, 6.07) is 7.89. The second kappa shape index (κ2) is 5.47. The standard InChI is InChI=1S/C14H13N3O2S2/c15-9-10-4-3-5-11(8-10)21(18,19)17-14-16-12-6-1-2-7-13(12)20-14/h3-5,8H,1-2,6-7H2,(H,16,17). The number of nitrogens with one attached hydrogen (secondary N) is 1. The van der Waals surface area contributed by atoms with Crippen LogP contribution in [-0.4, -0.2) is 13.4 Å². The summed E-state index contributed by atoms with van der Waals surface area (Å²) < 4.78 is 27.2. The van der Waals surface area contributed by atoms with Gasteiger partial charge < -0.3 is 0 Å². The number of rotatable bonds is 3. The number of fused-ring (bicyclic) bond motifs is 1. The molecule has 0 unspecified atom stereocenters. The van der Waals surface area contributed by atoms with E-state index in [1.165, 1.54) is 28.3 Å². The van der Waals surface area contributed by atoms with Gasteiger partial charge in [-0.15, -0.1) is 11.3 Å². The van der Waals surface area contributed by atoms with Crippen molar-refractivity contribution in [2.45, 2.75) is 30.6 Å². The molecule has 0 spiro atoms. The fourth-order valence-electron chi connectivity index (χ4n) is 2.30. The van der Waals surface area contributed by atoms with E-state index in [0.29, 0.717) is 10.7 Å². The first-order valence-corrected chi connectivity index (χ1v) is 8.90. The molecular formula is C14H13N3O2S2. The lowest BCUT2D eigenvalue weighted by molar-refractivity contribution is 0.601. The SMILES string of the molecule is N#Cc1cccc(S(=O)(=O)Nc2nc3c(s2)CCCC3)c1. The van der Waals surface area contributed by atoms with Crippen molar-refractivity contribution in [1.82, 2.24) is 4.98 Å². The van der Waals surface area contributed by atoms with Crippen LogP contribution in [0.2, 0.25) is 0 Å². The van der Waals surface area contributed by atoms with Crippen molar-refractivity contribution in [3.05, 3.63) is 40.4 Å². The number of hydrogen-bond donors (Lipinski definition) is 1. The number of sulfonamides is 1. The zero-order valence-corrected chi connectivity index (χ0v) is 12.8. The van der Waals surface area contributed by atoms with E-state index in [1.54, 1.807) is 12.1 Å². The van der Waals surface area contributed by atoms with Crippen LogP contribution in [0.4, 0.5) is 5.13 Å². The normalized spacial score (nSPS) is 14.2. The summed E-state index contributed by atoms with van der Waals surface area (Å²) in [5.74, 6) is 0. The Morgan fingerprint density at radius 3 is 2.86 bits per heavy atom. The maximum absolute atomic E-state index is 12.3. The van der Waals surface area contributed by atoms with Crippen molar-refractivity contribution in [3.63, 3.8) is 0 Å². The van der Waals surface area contributed by atoms with Crippen LogP contribution in [0.3, 0.4) is 0 Å². The van der Waals surface area contributed by atoms with Crippen LogP contribution in [-0.2, 0) is 22.9 Å². The average Bonchev–Trinajstić information content (AvgIpc) is 2.88. The van der Waals surface area contributed by atoms with Gasteiger partial charge in [0.05, 0.1) is 22.2 Å². The highest BCUT2D eigenvalue weighted by Crippen LogP contribution is 2.30. The molecule has 1 heterocycles. The second-order valence-electron chi connectivity index (χ2n) is 4.84.